The smallest absolute Gasteiger partial charge is 0.0908 e. The zero-order valence-electron chi connectivity index (χ0n) is 9.19. The summed E-state index contributed by atoms with van der Waals surface area (Å²) in [6.07, 6.45) is 3.36. The van der Waals surface area contributed by atoms with Crippen LogP contribution in [0.2, 0.25) is 0 Å². The number of halogens is 1. The third-order valence-electron chi connectivity index (χ3n) is 3.41. The van der Waals surface area contributed by atoms with Crippen molar-refractivity contribution >= 4 is 15.9 Å². The monoisotopic (exact) mass is 284 g/mol. The molecular formula is C13H17BrO2. The van der Waals surface area contributed by atoms with Gasteiger partial charge in [-0.25, -0.2) is 0 Å². The molecule has 1 aliphatic carbocycles. The minimum Gasteiger partial charge on any atom is -0.390 e. The van der Waals surface area contributed by atoms with Gasteiger partial charge in [-0.05, 0) is 30.5 Å². The summed E-state index contributed by atoms with van der Waals surface area (Å²) >= 11 is 3.40. The van der Waals surface area contributed by atoms with Crippen molar-refractivity contribution in [1.29, 1.82) is 0 Å². The Kier molecular flexibility index (Phi) is 3.67. The van der Waals surface area contributed by atoms with Gasteiger partial charge in [-0.1, -0.05) is 40.9 Å². The minimum absolute atomic E-state index is 0.524. The highest BCUT2D eigenvalue weighted by molar-refractivity contribution is 9.10. The predicted octanol–water partition coefficient (Wildman–Crippen LogP) is 2.66. The second-order valence-electron chi connectivity index (χ2n) is 4.66. The van der Waals surface area contributed by atoms with Gasteiger partial charge in [0.2, 0.25) is 0 Å². The molecule has 1 aromatic carbocycles. The van der Waals surface area contributed by atoms with Crippen LogP contribution in [0.5, 0.6) is 0 Å². The van der Waals surface area contributed by atoms with E-state index in [-0.39, 0.29) is 0 Å². The molecule has 1 aliphatic rings. The zero-order chi connectivity index (χ0) is 11.6. The molecule has 0 spiro atoms. The van der Waals surface area contributed by atoms with Gasteiger partial charge in [0.1, 0.15) is 0 Å². The Bertz CT molecular complexity index is 359. The highest BCUT2D eigenvalue weighted by atomic mass is 79.9. The molecule has 2 rings (SSSR count). The molecule has 2 nitrogen and oxygen atoms in total. The van der Waals surface area contributed by atoms with Gasteiger partial charge in [-0.2, -0.15) is 0 Å². The maximum Gasteiger partial charge on any atom is 0.0908 e. The molecule has 1 aromatic rings. The Morgan fingerprint density at radius 2 is 2.00 bits per heavy atom. The average molecular weight is 285 g/mol. The van der Waals surface area contributed by atoms with Crippen molar-refractivity contribution in [1.82, 2.24) is 0 Å². The van der Waals surface area contributed by atoms with Gasteiger partial charge in [0.15, 0.2) is 0 Å². The fourth-order valence-corrected chi connectivity index (χ4v) is 2.84. The van der Waals surface area contributed by atoms with Crippen molar-refractivity contribution in [2.24, 2.45) is 0 Å². The van der Waals surface area contributed by atoms with Crippen molar-refractivity contribution in [2.45, 2.75) is 43.8 Å². The van der Waals surface area contributed by atoms with Crippen LogP contribution in [-0.4, -0.2) is 21.9 Å². The molecule has 1 fully saturated rings. The van der Waals surface area contributed by atoms with Crippen LogP contribution < -0.4 is 0 Å². The van der Waals surface area contributed by atoms with E-state index in [4.69, 9.17) is 0 Å². The van der Waals surface area contributed by atoms with E-state index in [0.717, 1.165) is 35.7 Å². The van der Waals surface area contributed by atoms with E-state index in [1.54, 1.807) is 0 Å². The molecule has 16 heavy (non-hydrogen) atoms. The lowest BCUT2D eigenvalue weighted by molar-refractivity contribution is -0.0689. The summed E-state index contributed by atoms with van der Waals surface area (Å²) < 4.78 is 1.01. The zero-order valence-corrected chi connectivity index (χ0v) is 10.8. The number of rotatable bonds is 3. The summed E-state index contributed by atoms with van der Waals surface area (Å²) in [5.41, 5.74) is 0.199. The predicted molar refractivity (Wildman–Crippen MR) is 67.3 cm³/mol. The quantitative estimate of drug-likeness (QED) is 0.896. The van der Waals surface area contributed by atoms with Crippen molar-refractivity contribution in [2.75, 3.05) is 0 Å². The van der Waals surface area contributed by atoms with Crippen molar-refractivity contribution in [3.8, 4) is 0 Å². The molecule has 0 radical (unpaired) electrons. The van der Waals surface area contributed by atoms with Crippen LogP contribution >= 0.6 is 15.9 Å². The molecule has 0 bridgehead atoms. The van der Waals surface area contributed by atoms with Gasteiger partial charge in [-0.3, -0.25) is 0 Å². The fraction of sp³-hybridized carbons (Fsp3) is 0.538. The Morgan fingerprint density at radius 3 is 2.62 bits per heavy atom. The molecule has 1 atom stereocenters. The molecule has 3 heteroatoms. The lowest BCUT2D eigenvalue weighted by atomic mass is 9.90. The van der Waals surface area contributed by atoms with Crippen LogP contribution in [0.4, 0.5) is 0 Å². The van der Waals surface area contributed by atoms with Gasteiger partial charge in [0.05, 0.1) is 11.7 Å². The molecular weight excluding hydrogens is 268 g/mol. The number of benzene rings is 1. The van der Waals surface area contributed by atoms with Crippen LogP contribution in [0.15, 0.2) is 28.7 Å². The summed E-state index contributed by atoms with van der Waals surface area (Å²) in [6, 6.07) is 7.87. The normalized spacial score (nSPS) is 20.9. The van der Waals surface area contributed by atoms with Crippen molar-refractivity contribution in [3.63, 3.8) is 0 Å². The second-order valence-corrected chi connectivity index (χ2v) is 5.58. The summed E-state index contributed by atoms with van der Waals surface area (Å²) in [5.74, 6) is 0. The lowest BCUT2D eigenvalue weighted by Crippen LogP contribution is -2.40. The van der Waals surface area contributed by atoms with Gasteiger partial charge in [0.25, 0.3) is 0 Å². The maximum absolute atomic E-state index is 10.2. The molecule has 1 saturated carbocycles. The molecule has 88 valence electrons. The van der Waals surface area contributed by atoms with E-state index in [0.29, 0.717) is 6.42 Å². The fourth-order valence-electron chi connectivity index (χ4n) is 2.40. The summed E-state index contributed by atoms with van der Waals surface area (Å²) in [4.78, 5) is 0. The van der Waals surface area contributed by atoms with Gasteiger partial charge >= 0.3 is 0 Å². The van der Waals surface area contributed by atoms with E-state index in [1.807, 2.05) is 24.3 Å². The van der Waals surface area contributed by atoms with Gasteiger partial charge in [-0.15, -0.1) is 0 Å². The highest BCUT2D eigenvalue weighted by Crippen LogP contribution is 2.33. The second kappa shape index (κ2) is 4.86. The third kappa shape index (κ3) is 2.65. The lowest BCUT2D eigenvalue weighted by Gasteiger charge is -2.28. The topological polar surface area (TPSA) is 40.5 Å². The SMILES string of the molecule is OC(Cc1cccc(Br)c1)C1(O)CCCC1. The number of aliphatic hydroxyl groups is 2. The summed E-state index contributed by atoms with van der Waals surface area (Å²) in [5, 5.41) is 20.3. The van der Waals surface area contributed by atoms with Gasteiger partial charge in [0, 0.05) is 10.9 Å². The van der Waals surface area contributed by atoms with Crippen LogP contribution in [0.3, 0.4) is 0 Å². The molecule has 2 N–H and O–H groups in total. The van der Waals surface area contributed by atoms with Crippen LogP contribution in [-0.2, 0) is 6.42 Å². The average Bonchev–Trinajstić information content (AvgIpc) is 2.66. The van der Waals surface area contributed by atoms with E-state index in [1.165, 1.54) is 0 Å². The van der Waals surface area contributed by atoms with E-state index >= 15 is 0 Å². The molecule has 0 saturated heterocycles. The van der Waals surface area contributed by atoms with Crippen molar-refractivity contribution < 1.29 is 10.2 Å². The summed E-state index contributed by atoms with van der Waals surface area (Å²) in [7, 11) is 0. The first-order valence-electron chi connectivity index (χ1n) is 5.75. The Morgan fingerprint density at radius 1 is 1.31 bits per heavy atom. The van der Waals surface area contributed by atoms with Gasteiger partial charge < -0.3 is 10.2 Å². The number of hydrogen-bond donors (Lipinski definition) is 2. The molecule has 0 heterocycles. The standard InChI is InChI=1S/C13H17BrO2/c14-11-5-3-4-10(8-11)9-12(15)13(16)6-1-2-7-13/h3-5,8,12,15-16H,1-2,6-7,9H2. The highest BCUT2D eigenvalue weighted by Gasteiger charge is 2.38. The number of hydrogen-bond acceptors (Lipinski definition) is 2. The van der Waals surface area contributed by atoms with Crippen LogP contribution in [0.25, 0.3) is 0 Å². The molecule has 0 amide bonds. The Labute approximate surface area is 104 Å². The first kappa shape index (κ1) is 12.1. The maximum atomic E-state index is 10.2. The van der Waals surface area contributed by atoms with E-state index in [2.05, 4.69) is 15.9 Å². The Balaban J connectivity index is 2.04. The minimum atomic E-state index is -0.859. The first-order chi connectivity index (χ1) is 7.60. The van der Waals surface area contributed by atoms with E-state index in [9.17, 15) is 10.2 Å². The number of aliphatic hydroxyl groups excluding tert-OH is 1. The summed E-state index contributed by atoms with van der Waals surface area (Å²) in [6.45, 7) is 0. The van der Waals surface area contributed by atoms with Crippen molar-refractivity contribution in [3.05, 3.63) is 34.3 Å². The van der Waals surface area contributed by atoms with Crippen LogP contribution in [0, 0.1) is 0 Å². The van der Waals surface area contributed by atoms with E-state index < -0.39 is 11.7 Å². The largest absolute Gasteiger partial charge is 0.390 e. The Hall–Kier alpha value is -0.380. The molecule has 0 aliphatic heterocycles. The molecule has 0 aromatic heterocycles. The molecule has 1 unspecified atom stereocenters. The third-order valence-corrected chi connectivity index (χ3v) is 3.90. The van der Waals surface area contributed by atoms with Crippen LogP contribution in [0.1, 0.15) is 31.2 Å². The first-order valence-corrected chi connectivity index (χ1v) is 6.54.